The van der Waals surface area contributed by atoms with E-state index >= 15 is 0 Å². The molecule has 2 aromatic rings. The summed E-state index contributed by atoms with van der Waals surface area (Å²) in [6.07, 6.45) is 0.973. The minimum Gasteiger partial charge on any atom is -0.477 e. The minimum atomic E-state index is -0.0233. The van der Waals surface area contributed by atoms with E-state index in [2.05, 4.69) is 56.3 Å². The molecular weight excluding hydrogens is 222 g/mol. The van der Waals surface area contributed by atoms with Crippen LogP contribution in [0.25, 0.3) is 10.8 Å². The Morgan fingerprint density at radius 3 is 2.67 bits per heavy atom. The first-order valence-corrected chi connectivity index (χ1v) is 6.36. The second kappa shape index (κ2) is 4.13. The van der Waals surface area contributed by atoms with Crippen molar-refractivity contribution < 1.29 is 4.74 Å². The zero-order chi connectivity index (χ0) is 12.6. The molecule has 2 heteroatoms. The Morgan fingerprint density at radius 2 is 1.83 bits per heavy atom. The molecule has 3 rings (SSSR count). The molecule has 0 fully saturated rings. The molecule has 2 aromatic carbocycles. The monoisotopic (exact) mass is 239 g/mol. The summed E-state index contributed by atoms with van der Waals surface area (Å²) in [6, 6.07) is 14.6. The van der Waals surface area contributed by atoms with Crippen LogP contribution in [0, 0.1) is 0 Å². The van der Waals surface area contributed by atoms with Gasteiger partial charge in [0.05, 0.1) is 12.1 Å². The predicted octanol–water partition coefficient (Wildman–Crippen LogP) is 3.79. The third kappa shape index (κ3) is 1.99. The van der Waals surface area contributed by atoms with Crippen LogP contribution < -0.4 is 0 Å². The fourth-order valence-electron chi connectivity index (χ4n) is 2.31. The van der Waals surface area contributed by atoms with Crippen molar-refractivity contribution in [2.45, 2.75) is 25.8 Å². The van der Waals surface area contributed by atoms with E-state index < -0.39 is 0 Å². The van der Waals surface area contributed by atoms with Gasteiger partial charge in [-0.3, -0.25) is 0 Å². The molecule has 0 spiro atoms. The summed E-state index contributed by atoms with van der Waals surface area (Å²) in [5.74, 6) is 0.781. The number of ether oxygens (including phenoxy) is 1. The fraction of sp³-hybridized carbons (Fsp3) is 0.312. The molecule has 0 amide bonds. The van der Waals surface area contributed by atoms with Crippen molar-refractivity contribution in [1.82, 2.24) is 0 Å². The van der Waals surface area contributed by atoms with Gasteiger partial charge in [-0.2, -0.15) is 0 Å². The van der Waals surface area contributed by atoms with Gasteiger partial charge in [0.25, 0.3) is 0 Å². The Kier molecular flexibility index (Phi) is 2.58. The molecule has 0 N–H and O–H groups in total. The number of rotatable bonds is 1. The molecule has 92 valence electrons. The number of hydrogen-bond acceptors (Lipinski definition) is 2. The molecule has 1 aliphatic rings. The number of hydrogen-bond donors (Lipinski definition) is 0. The average Bonchev–Trinajstić information content (AvgIpc) is 2.37. The molecule has 0 aliphatic carbocycles. The maximum absolute atomic E-state index is 5.76. The van der Waals surface area contributed by atoms with Gasteiger partial charge in [0.2, 0.25) is 5.90 Å². The molecule has 0 atom stereocenters. The second-order valence-corrected chi connectivity index (χ2v) is 5.35. The van der Waals surface area contributed by atoms with Crippen LogP contribution in [0.3, 0.4) is 0 Å². The van der Waals surface area contributed by atoms with Crippen molar-refractivity contribution in [1.29, 1.82) is 0 Å². The fourth-order valence-corrected chi connectivity index (χ4v) is 2.31. The lowest BCUT2D eigenvalue weighted by Gasteiger charge is -2.27. The average molecular weight is 239 g/mol. The maximum atomic E-state index is 5.76. The highest BCUT2D eigenvalue weighted by atomic mass is 16.5. The van der Waals surface area contributed by atoms with Gasteiger partial charge < -0.3 is 4.74 Å². The standard InChI is InChI=1S/C16H17NO/c1-16(2)10-11-18-15(17-16)14-9-5-7-12-6-3-4-8-13(12)14/h3-9H,10-11H2,1-2H3. The third-order valence-electron chi connectivity index (χ3n) is 3.38. The number of aliphatic imine (C=N–C) groups is 1. The summed E-state index contributed by atoms with van der Waals surface area (Å²) in [7, 11) is 0. The zero-order valence-electron chi connectivity index (χ0n) is 10.8. The molecule has 1 heterocycles. The predicted molar refractivity (Wildman–Crippen MR) is 75.1 cm³/mol. The molecule has 0 saturated carbocycles. The molecule has 18 heavy (non-hydrogen) atoms. The van der Waals surface area contributed by atoms with Crippen LogP contribution in [0.5, 0.6) is 0 Å². The summed E-state index contributed by atoms with van der Waals surface area (Å²) in [4.78, 5) is 4.73. The van der Waals surface area contributed by atoms with E-state index in [4.69, 9.17) is 9.73 Å². The molecule has 2 nitrogen and oxygen atoms in total. The summed E-state index contributed by atoms with van der Waals surface area (Å²) in [5, 5.41) is 2.43. The molecule has 0 unspecified atom stereocenters. The number of benzene rings is 2. The SMILES string of the molecule is CC1(C)CCOC(c2cccc3ccccc23)=N1. The van der Waals surface area contributed by atoms with Crippen molar-refractivity contribution in [3.63, 3.8) is 0 Å². The lowest BCUT2D eigenvalue weighted by molar-refractivity contribution is 0.232. The Hall–Kier alpha value is -1.83. The quantitative estimate of drug-likeness (QED) is 0.742. The van der Waals surface area contributed by atoms with Crippen LogP contribution in [-0.2, 0) is 4.74 Å². The molecule has 0 saturated heterocycles. The van der Waals surface area contributed by atoms with Gasteiger partial charge in [0.15, 0.2) is 0 Å². The highest BCUT2D eigenvalue weighted by Crippen LogP contribution is 2.25. The molecule has 0 radical (unpaired) electrons. The second-order valence-electron chi connectivity index (χ2n) is 5.35. The summed E-state index contributed by atoms with van der Waals surface area (Å²) < 4.78 is 5.76. The van der Waals surface area contributed by atoms with Gasteiger partial charge in [0, 0.05) is 12.0 Å². The van der Waals surface area contributed by atoms with E-state index in [0.29, 0.717) is 0 Å². The van der Waals surface area contributed by atoms with Gasteiger partial charge in [-0.05, 0) is 30.7 Å². The highest BCUT2D eigenvalue weighted by molar-refractivity contribution is 6.07. The van der Waals surface area contributed by atoms with Crippen LogP contribution in [0.1, 0.15) is 25.8 Å². The molecule has 0 aromatic heterocycles. The largest absolute Gasteiger partial charge is 0.477 e. The Morgan fingerprint density at radius 1 is 1.06 bits per heavy atom. The van der Waals surface area contributed by atoms with E-state index in [1.807, 2.05) is 0 Å². The lowest BCUT2D eigenvalue weighted by Crippen LogP contribution is -2.29. The van der Waals surface area contributed by atoms with Gasteiger partial charge in [0.1, 0.15) is 0 Å². The minimum absolute atomic E-state index is 0.0233. The summed E-state index contributed by atoms with van der Waals surface area (Å²) in [6.45, 7) is 5.05. The van der Waals surface area contributed by atoms with Crippen molar-refractivity contribution in [2.24, 2.45) is 4.99 Å². The topological polar surface area (TPSA) is 21.6 Å². The van der Waals surface area contributed by atoms with Crippen LogP contribution >= 0.6 is 0 Å². The van der Waals surface area contributed by atoms with Crippen molar-refractivity contribution in [2.75, 3.05) is 6.61 Å². The van der Waals surface area contributed by atoms with Crippen LogP contribution in [0.15, 0.2) is 47.5 Å². The van der Waals surface area contributed by atoms with Gasteiger partial charge >= 0.3 is 0 Å². The normalized spacial score (nSPS) is 18.2. The molecule has 0 bridgehead atoms. The van der Waals surface area contributed by atoms with Crippen LogP contribution in [0.4, 0.5) is 0 Å². The van der Waals surface area contributed by atoms with Gasteiger partial charge in [-0.15, -0.1) is 0 Å². The van der Waals surface area contributed by atoms with Crippen molar-refractivity contribution >= 4 is 16.7 Å². The Labute approximate surface area is 107 Å². The Balaban J connectivity index is 2.18. The third-order valence-corrected chi connectivity index (χ3v) is 3.38. The van der Waals surface area contributed by atoms with E-state index in [0.717, 1.165) is 24.5 Å². The lowest BCUT2D eigenvalue weighted by atomic mass is 9.99. The first-order valence-electron chi connectivity index (χ1n) is 6.36. The first-order chi connectivity index (χ1) is 8.66. The van der Waals surface area contributed by atoms with Crippen LogP contribution in [-0.4, -0.2) is 18.0 Å². The van der Waals surface area contributed by atoms with E-state index in [-0.39, 0.29) is 5.54 Å². The Bertz CT molecular complexity index is 608. The zero-order valence-corrected chi connectivity index (χ0v) is 10.8. The molecule has 1 aliphatic heterocycles. The van der Waals surface area contributed by atoms with E-state index in [1.165, 1.54) is 10.8 Å². The summed E-state index contributed by atoms with van der Waals surface area (Å²) >= 11 is 0. The van der Waals surface area contributed by atoms with Crippen molar-refractivity contribution in [3.8, 4) is 0 Å². The summed E-state index contributed by atoms with van der Waals surface area (Å²) in [5.41, 5.74) is 1.07. The smallest absolute Gasteiger partial charge is 0.217 e. The van der Waals surface area contributed by atoms with Gasteiger partial charge in [-0.1, -0.05) is 36.4 Å². The molecular formula is C16H17NO. The number of fused-ring (bicyclic) bond motifs is 1. The number of nitrogens with zero attached hydrogens (tertiary/aromatic N) is 1. The first kappa shape index (κ1) is 11.3. The van der Waals surface area contributed by atoms with Crippen LogP contribution in [0.2, 0.25) is 0 Å². The van der Waals surface area contributed by atoms with E-state index in [9.17, 15) is 0 Å². The maximum Gasteiger partial charge on any atom is 0.217 e. The van der Waals surface area contributed by atoms with Crippen molar-refractivity contribution in [3.05, 3.63) is 48.0 Å². The van der Waals surface area contributed by atoms with E-state index in [1.54, 1.807) is 0 Å². The van der Waals surface area contributed by atoms with Gasteiger partial charge in [-0.25, -0.2) is 4.99 Å². The highest BCUT2D eigenvalue weighted by Gasteiger charge is 2.24.